The number of nitrogens with one attached hydrogen (secondary N) is 1. The first-order chi connectivity index (χ1) is 15.1. The molecule has 1 aromatic heterocycles. The molecule has 0 saturated carbocycles. The molecule has 4 rings (SSSR count). The van der Waals surface area contributed by atoms with Crippen LogP contribution < -0.4 is 5.32 Å². The highest BCUT2D eigenvalue weighted by Crippen LogP contribution is 2.44. The number of hydrogen-bond donors (Lipinski definition) is 1. The molecule has 1 aliphatic carbocycles. The molecule has 0 saturated heterocycles. The van der Waals surface area contributed by atoms with Gasteiger partial charge in [0.25, 0.3) is 5.91 Å². The van der Waals surface area contributed by atoms with E-state index in [-0.39, 0.29) is 17.9 Å². The number of amides is 2. The first-order valence-corrected chi connectivity index (χ1v) is 12.3. The van der Waals surface area contributed by atoms with Crippen LogP contribution in [0.3, 0.4) is 0 Å². The van der Waals surface area contributed by atoms with E-state index in [0.717, 1.165) is 29.7 Å². The molecule has 2 aromatic rings. The second kappa shape index (κ2) is 9.82. The summed E-state index contributed by atoms with van der Waals surface area (Å²) in [6.45, 7) is 5.52. The summed E-state index contributed by atoms with van der Waals surface area (Å²) in [6, 6.07) is 11.4. The summed E-state index contributed by atoms with van der Waals surface area (Å²) in [5.74, 6) is -0.0344. The Balaban J connectivity index is 1.64. The quantitative estimate of drug-likeness (QED) is 0.567. The highest BCUT2D eigenvalue weighted by atomic mass is 32.1. The lowest BCUT2D eigenvalue weighted by atomic mass is 9.81. The van der Waals surface area contributed by atoms with E-state index in [1.807, 2.05) is 40.6 Å². The molecule has 31 heavy (non-hydrogen) atoms. The molecular weight excluding hydrogens is 404 g/mol. The molecule has 5 heteroatoms. The number of fused-ring (bicyclic) bond motifs is 1. The Morgan fingerprint density at radius 3 is 2.74 bits per heavy atom. The summed E-state index contributed by atoms with van der Waals surface area (Å²) >= 11 is 1.62. The van der Waals surface area contributed by atoms with Crippen molar-refractivity contribution in [2.45, 2.75) is 57.9 Å². The van der Waals surface area contributed by atoms with Crippen LogP contribution in [0.1, 0.15) is 78.7 Å². The van der Waals surface area contributed by atoms with Crippen molar-refractivity contribution in [2.24, 2.45) is 5.92 Å². The Bertz CT molecular complexity index is 948. The average Bonchev–Trinajstić information content (AvgIpc) is 3.30. The fraction of sp³-hybridized carbons (Fsp3) is 0.462. The van der Waals surface area contributed by atoms with E-state index in [0.29, 0.717) is 24.6 Å². The van der Waals surface area contributed by atoms with Crippen LogP contribution in [0, 0.1) is 5.92 Å². The van der Waals surface area contributed by atoms with Gasteiger partial charge in [0.1, 0.15) is 0 Å². The number of allylic oxidation sites excluding steroid dienone is 1. The molecule has 1 N–H and O–H groups in total. The molecule has 0 fully saturated rings. The Hall–Kier alpha value is -2.40. The number of thiophene rings is 1. The number of rotatable bonds is 7. The van der Waals surface area contributed by atoms with Crippen molar-refractivity contribution in [2.75, 3.05) is 13.1 Å². The lowest BCUT2D eigenvalue weighted by molar-refractivity contribution is -0.124. The van der Waals surface area contributed by atoms with Gasteiger partial charge < -0.3 is 10.2 Å². The number of nitrogens with zero attached hydrogens (tertiary/aromatic N) is 1. The van der Waals surface area contributed by atoms with Gasteiger partial charge in [-0.15, -0.1) is 11.3 Å². The lowest BCUT2D eigenvalue weighted by Gasteiger charge is -2.42. The minimum Gasteiger partial charge on any atom is -0.355 e. The van der Waals surface area contributed by atoms with Crippen LogP contribution in [-0.4, -0.2) is 29.8 Å². The first-order valence-electron chi connectivity index (χ1n) is 11.4. The first kappa shape index (κ1) is 21.8. The van der Waals surface area contributed by atoms with E-state index >= 15 is 0 Å². The molecule has 0 bridgehead atoms. The van der Waals surface area contributed by atoms with Gasteiger partial charge in [0.15, 0.2) is 0 Å². The van der Waals surface area contributed by atoms with Crippen molar-refractivity contribution < 1.29 is 9.59 Å². The van der Waals surface area contributed by atoms with Gasteiger partial charge in [-0.25, -0.2) is 0 Å². The smallest absolute Gasteiger partial charge is 0.254 e. The van der Waals surface area contributed by atoms with Gasteiger partial charge in [0.2, 0.25) is 5.91 Å². The predicted octanol–water partition coefficient (Wildman–Crippen LogP) is 5.69. The van der Waals surface area contributed by atoms with Gasteiger partial charge in [-0.1, -0.05) is 49.8 Å². The summed E-state index contributed by atoms with van der Waals surface area (Å²) < 4.78 is 0. The van der Waals surface area contributed by atoms with E-state index in [2.05, 4.69) is 31.3 Å². The maximum Gasteiger partial charge on any atom is 0.254 e. The van der Waals surface area contributed by atoms with Gasteiger partial charge in [0.05, 0.1) is 12.0 Å². The zero-order valence-electron chi connectivity index (χ0n) is 18.5. The fourth-order valence-corrected chi connectivity index (χ4v) is 5.71. The van der Waals surface area contributed by atoms with Crippen LogP contribution in [-0.2, 0) is 4.79 Å². The zero-order chi connectivity index (χ0) is 21.8. The largest absolute Gasteiger partial charge is 0.355 e. The molecule has 2 unspecified atom stereocenters. The Morgan fingerprint density at radius 2 is 2.03 bits per heavy atom. The summed E-state index contributed by atoms with van der Waals surface area (Å²) in [6.07, 6.45) is 8.09. The third-order valence-corrected chi connectivity index (χ3v) is 7.19. The van der Waals surface area contributed by atoms with Crippen molar-refractivity contribution in [3.05, 3.63) is 69.4 Å². The van der Waals surface area contributed by atoms with E-state index < -0.39 is 5.92 Å². The van der Waals surface area contributed by atoms with Crippen LogP contribution >= 0.6 is 11.3 Å². The van der Waals surface area contributed by atoms with Gasteiger partial charge in [-0.2, -0.15) is 0 Å². The van der Waals surface area contributed by atoms with Crippen LogP contribution in [0.2, 0.25) is 0 Å². The van der Waals surface area contributed by atoms with E-state index in [1.54, 1.807) is 11.3 Å². The summed E-state index contributed by atoms with van der Waals surface area (Å²) in [5, 5.41) is 5.23. The number of benzene rings is 1. The molecule has 2 aliphatic rings. The maximum absolute atomic E-state index is 13.6. The molecule has 4 nitrogen and oxygen atoms in total. The number of carbonyl (C=O) groups excluding carboxylic acids is 2. The van der Waals surface area contributed by atoms with Crippen LogP contribution in [0.15, 0.2) is 53.4 Å². The van der Waals surface area contributed by atoms with Crippen LogP contribution in [0.5, 0.6) is 0 Å². The van der Waals surface area contributed by atoms with Crippen molar-refractivity contribution in [3.63, 3.8) is 0 Å². The molecule has 0 radical (unpaired) electrons. The van der Waals surface area contributed by atoms with Gasteiger partial charge >= 0.3 is 0 Å². The molecule has 1 aromatic carbocycles. The van der Waals surface area contributed by atoms with Crippen LogP contribution in [0.25, 0.3) is 0 Å². The van der Waals surface area contributed by atoms with E-state index in [9.17, 15) is 9.59 Å². The minimum absolute atomic E-state index is 0.0171. The minimum atomic E-state index is -0.397. The monoisotopic (exact) mass is 436 g/mol. The third kappa shape index (κ3) is 4.77. The Kier molecular flexibility index (Phi) is 6.91. The van der Waals surface area contributed by atoms with Crippen molar-refractivity contribution in [1.29, 1.82) is 0 Å². The molecule has 164 valence electrons. The van der Waals surface area contributed by atoms with Crippen LogP contribution in [0.4, 0.5) is 0 Å². The predicted molar refractivity (Wildman–Crippen MR) is 126 cm³/mol. The van der Waals surface area contributed by atoms with E-state index in [1.165, 1.54) is 18.4 Å². The second-order valence-electron chi connectivity index (χ2n) is 9.03. The number of carbonyl (C=O) groups is 2. The molecule has 2 heterocycles. The highest BCUT2D eigenvalue weighted by molar-refractivity contribution is 7.10. The Morgan fingerprint density at radius 1 is 1.19 bits per heavy atom. The summed E-state index contributed by atoms with van der Waals surface area (Å²) in [7, 11) is 0. The van der Waals surface area contributed by atoms with E-state index in [4.69, 9.17) is 0 Å². The van der Waals surface area contributed by atoms with Gasteiger partial charge in [-0.05, 0) is 61.1 Å². The second-order valence-corrected chi connectivity index (χ2v) is 10.0. The highest BCUT2D eigenvalue weighted by Gasteiger charge is 2.44. The number of hydrogen-bond acceptors (Lipinski definition) is 3. The molecule has 0 spiro atoms. The average molecular weight is 437 g/mol. The molecule has 2 atom stereocenters. The molecule has 1 aliphatic heterocycles. The van der Waals surface area contributed by atoms with Crippen molar-refractivity contribution in [3.8, 4) is 0 Å². The van der Waals surface area contributed by atoms with Crippen molar-refractivity contribution in [1.82, 2.24) is 10.2 Å². The maximum atomic E-state index is 13.6. The third-order valence-electron chi connectivity index (χ3n) is 6.25. The molecular formula is C26H32N2O2S. The van der Waals surface area contributed by atoms with Gasteiger partial charge in [0, 0.05) is 23.5 Å². The summed E-state index contributed by atoms with van der Waals surface area (Å²) in [5.41, 5.74) is 2.97. The van der Waals surface area contributed by atoms with Crippen molar-refractivity contribution >= 4 is 23.2 Å². The van der Waals surface area contributed by atoms with Gasteiger partial charge in [-0.3, -0.25) is 9.59 Å². The zero-order valence-corrected chi connectivity index (χ0v) is 19.3. The SMILES string of the molecule is CC(C)CN1C(=O)c2ccccc2C(C(=O)NCCC2=CCCCC2)C1c1cccs1. The topological polar surface area (TPSA) is 49.4 Å². The summed E-state index contributed by atoms with van der Waals surface area (Å²) in [4.78, 5) is 30.0. The Labute approximate surface area is 189 Å². The normalized spacial score (nSPS) is 21.1. The standard InChI is InChI=1S/C26H32N2O2S/c1-18(2)17-28-24(22-13-8-16-31-22)23(20-11-6-7-12-21(20)26(28)30)25(29)27-15-14-19-9-4-3-5-10-19/h6-9,11-13,16,18,23-24H,3-5,10,14-15,17H2,1-2H3,(H,27,29). The lowest BCUT2D eigenvalue weighted by Crippen LogP contribution is -2.48. The molecule has 2 amide bonds. The fourth-order valence-electron chi connectivity index (χ4n) is 4.83.